The normalized spacial score (nSPS) is 56.3. The highest BCUT2D eigenvalue weighted by atomic mass is 16.7. The number of carbonyl (C=O) groups is 1. The van der Waals surface area contributed by atoms with Gasteiger partial charge in [0.2, 0.25) is 0 Å². The second-order valence-corrected chi connectivity index (χ2v) is 26.7. The van der Waals surface area contributed by atoms with E-state index in [1.807, 2.05) is 38.2 Å². The number of ether oxygens (including phenoxy) is 13. The predicted molar refractivity (Wildman–Crippen MR) is 281 cm³/mol. The molecule has 0 aliphatic carbocycles. The number of rotatable bonds is 4. The first-order valence-corrected chi connectivity index (χ1v) is 30.6. The van der Waals surface area contributed by atoms with Gasteiger partial charge in [-0.1, -0.05) is 64.2 Å². The van der Waals surface area contributed by atoms with Crippen LogP contribution >= 0.6 is 0 Å². The van der Waals surface area contributed by atoms with Crippen molar-refractivity contribution in [3.63, 3.8) is 0 Å². The zero-order valence-corrected chi connectivity index (χ0v) is 47.2. The molecule has 13 aliphatic rings. The summed E-state index contributed by atoms with van der Waals surface area (Å²) < 4.78 is 88.5. The Bertz CT molecular complexity index is 2320. The van der Waals surface area contributed by atoms with Gasteiger partial charge in [-0.3, -0.25) is 4.79 Å². The Morgan fingerprint density at radius 1 is 0.556 bits per heavy atom. The number of ketones is 1. The van der Waals surface area contributed by atoms with Crippen LogP contribution in [-0.2, 0) is 66.4 Å². The van der Waals surface area contributed by atoms with E-state index < -0.39 is 158 Å². The van der Waals surface area contributed by atoms with Crippen LogP contribution in [0.4, 0.5) is 0 Å². The second kappa shape index (κ2) is 23.0. The largest absolute Gasteiger partial charge is 0.394 e. The van der Waals surface area contributed by atoms with Crippen LogP contribution in [-0.4, -0.2) is 237 Å². The molecule has 0 aromatic heterocycles. The van der Waals surface area contributed by atoms with Crippen molar-refractivity contribution < 1.29 is 102 Å². The third-order valence-electron chi connectivity index (χ3n) is 21.2. The molecule has 34 atom stereocenters. The van der Waals surface area contributed by atoms with Crippen molar-refractivity contribution in [2.24, 2.45) is 23.7 Å². The molecule has 13 heterocycles. The van der Waals surface area contributed by atoms with Gasteiger partial charge in [-0.2, -0.15) is 0 Å². The van der Waals surface area contributed by atoms with Crippen LogP contribution in [0.25, 0.3) is 0 Å². The minimum absolute atomic E-state index is 0.0280. The first kappa shape index (κ1) is 58.1. The monoisotopic (exact) mass is 1140 g/mol. The summed E-state index contributed by atoms with van der Waals surface area (Å²) in [6, 6.07) is 0. The van der Waals surface area contributed by atoms with Gasteiger partial charge in [-0.15, -0.1) is 0 Å². The molecule has 34 unspecified atom stereocenters. The van der Waals surface area contributed by atoms with E-state index in [9.17, 15) is 40.5 Å². The molecule has 10 saturated heterocycles. The summed E-state index contributed by atoms with van der Waals surface area (Å²) in [6.45, 7) is 10.0. The molecule has 13 rings (SSSR count). The van der Waals surface area contributed by atoms with Crippen molar-refractivity contribution >= 4 is 5.78 Å². The van der Waals surface area contributed by atoms with E-state index in [0.29, 0.717) is 44.9 Å². The van der Waals surface area contributed by atoms with Gasteiger partial charge in [0, 0.05) is 63.2 Å². The summed E-state index contributed by atoms with van der Waals surface area (Å²) in [5, 5.41) is 76.9. The van der Waals surface area contributed by atoms with Gasteiger partial charge in [-0.25, -0.2) is 0 Å². The minimum Gasteiger partial charge on any atom is -0.394 e. The summed E-state index contributed by atoms with van der Waals surface area (Å²) in [5.41, 5.74) is -1.07. The van der Waals surface area contributed by atoms with Crippen LogP contribution in [0.1, 0.15) is 112 Å². The van der Waals surface area contributed by atoms with Gasteiger partial charge >= 0.3 is 0 Å². The Kier molecular flexibility index (Phi) is 16.5. The minimum atomic E-state index is -1.25. The van der Waals surface area contributed by atoms with Crippen molar-refractivity contribution in [2.45, 2.75) is 294 Å². The topological polar surface area (TPSA) is 279 Å². The number of hydrogen-bond donors (Lipinski definition) is 7. The van der Waals surface area contributed by atoms with E-state index in [1.54, 1.807) is 0 Å². The summed E-state index contributed by atoms with van der Waals surface area (Å²) in [6.07, 6.45) is -1.77. The molecule has 0 aromatic rings. The quantitative estimate of drug-likeness (QED) is 0.197. The summed E-state index contributed by atoms with van der Waals surface area (Å²) >= 11 is 0. The summed E-state index contributed by atoms with van der Waals surface area (Å²) in [4.78, 5) is 13.1. The van der Waals surface area contributed by atoms with Gasteiger partial charge < -0.3 is 97.3 Å². The zero-order valence-electron chi connectivity index (χ0n) is 47.2. The molecule has 0 saturated carbocycles. The molecular formula is C60H88O21. The smallest absolute Gasteiger partial charge is 0.174 e. The van der Waals surface area contributed by atoms with Gasteiger partial charge in [-0.05, 0) is 44.4 Å². The average Bonchev–Trinajstić information content (AvgIpc) is 3.55. The average molecular weight is 1150 g/mol. The lowest BCUT2D eigenvalue weighted by molar-refractivity contribution is -0.339. The Balaban J connectivity index is 0.676. The highest BCUT2D eigenvalue weighted by Gasteiger charge is 2.63. The van der Waals surface area contributed by atoms with E-state index >= 15 is 0 Å². The maximum Gasteiger partial charge on any atom is 0.174 e. The van der Waals surface area contributed by atoms with Crippen molar-refractivity contribution in [3.8, 4) is 0 Å². The third-order valence-corrected chi connectivity index (χ3v) is 21.2. The number of aliphatic hydroxyl groups excluding tert-OH is 7. The van der Waals surface area contributed by atoms with Crippen molar-refractivity contribution in [3.05, 3.63) is 36.5 Å². The zero-order chi connectivity index (χ0) is 56.4. The van der Waals surface area contributed by atoms with Gasteiger partial charge in [0.15, 0.2) is 5.79 Å². The van der Waals surface area contributed by atoms with E-state index in [-0.39, 0.29) is 92.3 Å². The van der Waals surface area contributed by atoms with Gasteiger partial charge in [0.1, 0.15) is 60.2 Å². The van der Waals surface area contributed by atoms with Crippen molar-refractivity contribution in [2.75, 3.05) is 13.2 Å². The highest BCUT2D eigenvalue weighted by Crippen LogP contribution is 2.52. The third kappa shape index (κ3) is 10.9. The second-order valence-electron chi connectivity index (χ2n) is 26.7. The first-order valence-electron chi connectivity index (χ1n) is 30.6. The molecule has 0 radical (unpaired) electrons. The molecule has 0 amide bonds. The maximum atomic E-state index is 13.1. The van der Waals surface area contributed by atoms with Gasteiger partial charge in [0.25, 0.3) is 0 Å². The molecule has 21 nitrogen and oxygen atoms in total. The predicted octanol–water partition coefficient (Wildman–Crippen LogP) is 1.56. The van der Waals surface area contributed by atoms with Crippen LogP contribution in [0.3, 0.4) is 0 Å². The van der Waals surface area contributed by atoms with Crippen LogP contribution in [0.5, 0.6) is 0 Å². The van der Waals surface area contributed by atoms with Crippen LogP contribution in [0.15, 0.2) is 36.5 Å². The fourth-order valence-corrected chi connectivity index (χ4v) is 16.4. The van der Waals surface area contributed by atoms with Crippen molar-refractivity contribution in [1.29, 1.82) is 0 Å². The molecule has 7 N–H and O–H groups in total. The van der Waals surface area contributed by atoms with E-state index in [0.717, 1.165) is 6.42 Å². The fourth-order valence-electron chi connectivity index (χ4n) is 16.4. The number of carbonyl (C=O) groups excluding carboxylic acids is 1. The van der Waals surface area contributed by atoms with E-state index in [1.165, 1.54) is 0 Å². The van der Waals surface area contributed by atoms with Crippen LogP contribution in [0, 0.1) is 23.7 Å². The van der Waals surface area contributed by atoms with E-state index in [2.05, 4.69) is 32.9 Å². The first-order chi connectivity index (χ1) is 38.8. The fraction of sp³-hybridized carbons (Fsp3) is 0.883. The molecule has 10 fully saturated rings. The molecule has 21 heteroatoms. The number of hydrogen-bond acceptors (Lipinski definition) is 21. The molecule has 13 aliphatic heterocycles. The number of Topliss-reactive ketones (excluding diaryl/α,β-unsaturated/α-hetero) is 1. The Morgan fingerprint density at radius 2 is 1.17 bits per heavy atom. The summed E-state index contributed by atoms with van der Waals surface area (Å²) in [5.74, 6) is -1.46. The van der Waals surface area contributed by atoms with Gasteiger partial charge in [0.05, 0.1) is 135 Å². The molecule has 454 valence electrons. The lowest BCUT2D eigenvalue weighted by Crippen LogP contribution is -2.64. The van der Waals surface area contributed by atoms with Crippen LogP contribution < -0.4 is 0 Å². The lowest BCUT2D eigenvalue weighted by atomic mass is 9.75. The molecule has 0 aromatic carbocycles. The highest BCUT2D eigenvalue weighted by molar-refractivity contribution is 5.80. The Hall–Kier alpha value is -1.91. The maximum absolute atomic E-state index is 13.1. The number of fused-ring (bicyclic) bond motifs is 11. The van der Waals surface area contributed by atoms with E-state index in [4.69, 9.17) is 61.6 Å². The molecular weight excluding hydrogens is 1060 g/mol. The Morgan fingerprint density at radius 3 is 1.93 bits per heavy atom. The molecule has 81 heavy (non-hydrogen) atoms. The van der Waals surface area contributed by atoms with Crippen LogP contribution in [0.2, 0.25) is 0 Å². The molecule has 0 bridgehead atoms. The van der Waals surface area contributed by atoms with Crippen molar-refractivity contribution in [1.82, 2.24) is 0 Å². The molecule has 1 spiro atoms. The SMILES string of the molecule is CC1CC2OC3C(CC2OC2CC4OC5C/C=C\CC6OC7C=CC8OC9C(CC8OC7C=CC6OC5CC(O)C4(C)OC2C1)OC1CC(=O)CC(C(O)CC(O)CO)OC1C9O)OC1C(C)C(C)C2(CC(O)CO2)OC1C(O)C3C. The number of aliphatic hydroxyl groups is 7. The summed E-state index contributed by atoms with van der Waals surface area (Å²) in [7, 11) is 0. The lowest BCUT2D eigenvalue weighted by Gasteiger charge is -2.53. The Labute approximate surface area is 473 Å². The standard InChI is InChI=1S/C60H88O21/c1-26-14-41-43(20-48-54(78-41)28(3)52(67)58-55(79-48)27(2)29(4)60(81-58)23-32(64)25-69-60)73-45-22-51-59(5,80-46(45)15-26)50(66)21-44-35(75-51)9-7-6-8-34-36(72-44)10-11-38-37(70-34)12-13-39-42(71-38)19-49-57(76-39)53(68)56-47(74-49)18-30(62)17-40(77-56)33(65)16-31(63)24-61/h6-7,10-13,26-29,31-58,61,63-68H,8-9,14-25H2,1-5H3/b7-6-.